The van der Waals surface area contributed by atoms with Gasteiger partial charge in [0.15, 0.2) is 0 Å². The van der Waals surface area contributed by atoms with Crippen LogP contribution >= 0.6 is 55.1 Å². The Labute approximate surface area is 200 Å². The van der Waals surface area contributed by atoms with Gasteiger partial charge in [-0.2, -0.15) is 0 Å². The quantitative estimate of drug-likeness (QED) is 0.344. The van der Waals surface area contributed by atoms with Gasteiger partial charge in [0.25, 0.3) is 11.8 Å². The normalized spacial score (nSPS) is 12.5. The molecule has 0 spiro atoms. The topological polar surface area (TPSA) is 63.2 Å². The molecule has 0 atom stereocenters. The maximum atomic E-state index is 12.2. The molecule has 5 nitrogen and oxygen atoms in total. The summed E-state index contributed by atoms with van der Waals surface area (Å²) in [6, 6.07) is 10.3. The van der Waals surface area contributed by atoms with Crippen molar-refractivity contribution >= 4 is 66.9 Å². The first-order chi connectivity index (χ1) is 14.3. The number of hydrogen-bond acceptors (Lipinski definition) is 4. The summed E-state index contributed by atoms with van der Waals surface area (Å²) in [4.78, 5) is 33.9. The molecule has 0 saturated carbocycles. The number of carbonyl (C=O) groups excluding carboxylic acids is 2. The second-order valence-corrected chi connectivity index (χ2v) is 8.91. The van der Waals surface area contributed by atoms with Crippen molar-refractivity contribution in [3.63, 3.8) is 0 Å². The van der Waals surface area contributed by atoms with Crippen molar-refractivity contribution in [3.8, 4) is 0 Å². The molecule has 3 aromatic rings. The average molecular weight is 572 g/mol. The van der Waals surface area contributed by atoms with Gasteiger partial charge < -0.3 is 0 Å². The minimum absolute atomic E-state index is 0.0679. The lowest BCUT2D eigenvalue weighted by Crippen LogP contribution is -2.29. The summed E-state index contributed by atoms with van der Waals surface area (Å²) in [5.74, 6) is -0.627. The van der Waals surface area contributed by atoms with Crippen molar-refractivity contribution in [2.24, 2.45) is 0 Å². The van der Waals surface area contributed by atoms with Crippen LogP contribution in [0.1, 0.15) is 39.0 Å². The van der Waals surface area contributed by atoms with E-state index in [0.717, 1.165) is 31.0 Å². The van der Waals surface area contributed by atoms with Gasteiger partial charge in [0.05, 0.1) is 39.1 Å². The summed E-state index contributed by atoms with van der Waals surface area (Å²) >= 11 is 18.5. The number of aryl methyl sites for hydroxylation is 1. The first-order valence-corrected chi connectivity index (χ1v) is 11.2. The predicted octanol–water partition coefficient (Wildman–Crippen LogP) is 6.35. The van der Waals surface area contributed by atoms with Gasteiger partial charge in [-0.25, -0.2) is 0 Å². The lowest BCUT2D eigenvalue weighted by molar-refractivity contribution is 0.0640. The van der Waals surface area contributed by atoms with Crippen LogP contribution in [0, 0.1) is 0 Å². The van der Waals surface area contributed by atoms with Gasteiger partial charge in [-0.3, -0.25) is 24.5 Å². The van der Waals surface area contributed by atoms with Crippen LogP contribution in [0.5, 0.6) is 0 Å². The van der Waals surface area contributed by atoms with Crippen LogP contribution in [0.25, 0.3) is 0 Å². The zero-order chi connectivity index (χ0) is 21.8. The minimum atomic E-state index is -0.314. The van der Waals surface area contributed by atoms with E-state index >= 15 is 0 Å². The van der Waals surface area contributed by atoms with Crippen LogP contribution < -0.4 is 0 Å². The van der Waals surface area contributed by atoms with Gasteiger partial charge in [0, 0.05) is 21.3 Å². The van der Waals surface area contributed by atoms with Gasteiger partial charge in [-0.15, -0.1) is 0 Å². The fourth-order valence-corrected chi connectivity index (χ4v) is 4.25. The molecule has 2 aromatic heterocycles. The molecule has 1 aliphatic rings. The maximum absolute atomic E-state index is 12.2. The third-order valence-corrected chi connectivity index (χ3v) is 5.81. The fourth-order valence-electron chi connectivity index (χ4n) is 2.79. The zero-order valence-electron chi connectivity index (χ0n) is 15.7. The molecule has 0 unspecified atom stereocenters. The highest BCUT2D eigenvalue weighted by atomic mass is 79.9. The summed E-state index contributed by atoms with van der Waals surface area (Å²) in [6.07, 6.45) is 4.22. The summed E-state index contributed by atoms with van der Waals surface area (Å²) < 4.78 is 1.67. The van der Waals surface area contributed by atoms with Crippen molar-refractivity contribution in [3.05, 3.63) is 90.3 Å². The molecule has 0 fully saturated rings. The Hall–Kier alpha value is -1.80. The molecule has 0 saturated heterocycles. The number of amides is 2. The zero-order valence-corrected chi connectivity index (χ0v) is 20.4. The molecule has 0 N–H and O–H groups in total. The number of nitrogens with zero attached hydrogens (tertiary/aromatic N) is 3. The molecule has 154 valence electrons. The molecule has 1 aromatic carbocycles. The number of rotatable bonds is 3. The Bertz CT molecular complexity index is 1090. The summed E-state index contributed by atoms with van der Waals surface area (Å²) in [6.45, 7) is 2.10. The van der Waals surface area contributed by atoms with Crippen LogP contribution in [0.3, 0.4) is 0 Å². The van der Waals surface area contributed by atoms with Gasteiger partial charge >= 0.3 is 0 Å². The Balaban J connectivity index is 0.000000216. The highest BCUT2D eigenvalue weighted by Crippen LogP contribution is 2.26. The highest BCUT2D eigenvalue weighted by molar-refractivity contribution is 9.10. The Morgan fingerprint density at radius 3 is 1.77 bits per heavy atom. The molecule has 2 amide bonds. The standard InChI is InChI=1S/C14H8BrClN2O2.C7H7BrClN/c15-8-5-11(16)12(17-6-8)7-18-13(19)9-3-1-2-4-10(9)14(18)20;1-2-7-6(9)3-5(8)4-10-7/h1-6H,7H2;3-4H,2H2,1H3. The molecule has 0 aliphatic carbocycles. The van der Waals surface area contributed by atoms with Crippen molar-refractivity contribution in [1.29, 1.82) is 0 Å². The number of carbonyl (C=O) groups is 2. The third kappa shape index (κ3) is 5.09. The molecule has 0 bridgehead atoms. The van der Waals surface area contributed by atoms with Crippen LogP contribution in [0.2, 0.25) is 10.0 Å². The van der Waals surface area contributed by atoms with Gasteiger partial charge in [0.2, 0.25) is 0 Å². The van der Waals surface area contributed by atoms with E-state index in [2.05, 4.69) is 41.8 Å². The minimum Gasteiger partial charge on any atom is -0.269 e. The number of aromatic nitrogens is 2. The van der Waals surface area contributed by atoms with Crippen LogP contribution in [0.4, 0.5) is 0 Å². The van der Waals surface area contributed by atoms with E-state index in [9.17, 15) is 9.59 Å². The van der Waals surface area contributed by atoms with E-state index in [1.165, 1.54) is 0 Å². The first-order valence-electron chi connectivity index (χ1n) is 8.86. The lowest BCUT2D eigenvalue weighted by atomic mass is 10.1. The van der Waals surface area contributed by atoms with Crippen molar-refractivity contribution in [1.82, 2.24) is 14.9 Å². The molecule has 4 rings (SSSR count). The summed E-state index contributed by atoms with van der Waals surface area (Å²) in [7, 11) is 0. The lowest BCUT2D eigenvalue weighted by Gasteiger charge is -2.14. The SMILES string of the molecule is CCc1ncc(Br)cc1Cl.O=C1c2ccccc2C(=O)N1Cc1ncc(Br)cc1Cl. The maximum Gasteiger partial charge on any atom is 0.261 e. The number of pyridine rings is 2. The molecule has 30 heavy (non-hydrogen) atoms. The highest BCUT2D eigenvalue weighted by Gasteiger charge is 2.35. The Morgan fingerprint density at radius 2 is 1.33 bits per heavy atom. The van der Waals surface area contributed by atoms with Gasteiger partial charge in [-0.05, 0) is 62.5 Å². The molecule has 1 aliphatic heterocycles. The van der Waals surface area contributed by atoms with Crippen LogP contribution in [-0.4, -0.2) is 26.7 Å². The van der Waals surface area contributed by atoms with Crippen LogP contribution in [-0.2, 0) is 13.0 Å². The predicted molar refractivity (Wildman–Crippen MR) is 124 cm³/mol. The molecular formula is C21H15Br2Cl2N3O2. The van der Waals surface area contributed by atoms with E-state index < -0.39 is 0 Å². The van der Waals surface area contributed by atoms with E-state index in [1.807, 2.05) is 13.0 Å². The largest absolute Gasteiger partial charge is 0.269 e. The van der Waals surface area contributed by atoms with Gasteiger partial charge in [-0.1, -0.05) is 42.3 Å². The van der Waals surface area contributed by atoms with Gasteiger partial charge in [0.1, 0.15) is 0 Å². The van der Waals surface area contributed by atoms with Crippen molar-refractivity contribution in [2.75, 3.05) is 0 Å². The van der Waals surface area contributed by atoms with Crippen LogP contribution in [0.15, 0.2) is 57.7 Å². The second kappa shape index (κ2) is 10.0. The first kappa shape index (κ1) is 22.9. The molecule has 0 radical (unpaired) electrons. The van der Waals surface area contributed by atoms with E-state index in [1.54, 1.807) is 42.7 Å². The van der Waals surface area contributed by atoms with E-state index in [4.69, 9.17) is 23.2 Å². The van der Waals surface area contributed by atoms with Crippen molar-refractivity contribution in [2.45, 2.75) is 19.9 Å². The smallest absolute Gasteiger partial charge is 0.261 e. The number of benzene rings is 1. The molecule has 3 heterocycles. The third-order valence-electron chi connectivity index (χ3n) is 4.29. The van der Waals surface area contributed by atoms with Crippen molar-refractivity contribution < 1.29 is 9.59 Å². The Kier molecular flexibility index (Phi) is 7.63. The summed E-state index contributed by atoms with van der Waals surface area (Å²) in [5.41, 5.74) is 2.28. The number of halogens is 4. The molecule has 9 heteroatoms. The summed E-state index contributed by atoms with van der Waals surface area (Å²) in [5, 5.41) is 1.15. The number of fused-ring (bicyclic) bond motifs is 1. The number of imide groups is 1. The van der Waals surface area contributed by atoms with E-state index in [0.29, 0.717) is 21.8 Å². The second-order valence-electron chi connectivity index (χ2n) is 6.26. The average Bonchev–Trinajstić information content (AvgIpc) is 2.96. The van der Waals surface area contributed by atoms with E-state index in [-0.39, 0.29) is 18.4 Å². The number of hydrogen-bond donors (Lipinski definition) is 0. The molecular weight excluding hydrogens is 557 g/mol. The fraction of sp³-hybridized carbons (Fsp3) is 0.143. The monoisotopic (exact) mass is 569 g/mol. The Morgan fingerprint density at radius 1 is 0.867 bits per heavy atom.